The number of aromatic carboxylic acids is 1. The normalized spacial score (nSPS) is 10.2. The van der Waals surface area contributed by atoms with Crippen molar-refractivity contribution in [2.75, 3.05) is 5.32 Å². The summed E-state index contributed by atoms with van der Waals surface area (Å²) in [7, 11) is 0. The fraction of sp³-hybridized carbons (Fsp3) is 0.0667. The van der Waals surface area contributed by atoms with Gasteiger partial charge < -0.3 is 15.5 Å². The summed E-state index contributed by atoms with van der Waals surface area (Å²) in [5, 5.41) is 21.5. The van der Waals surface area contributed by atoms with Crippen LogP contribution in [0.5, 0.6) is 5.75 Å². The highest BCUT2D eigenvalue weighted by atomic mass is 79.9. The second-order valence-electron chi connectivity index (χ2n) is 4.42. The van der Waals surface area contributed by atoms with Crippen molar-refractivity contribution >= 4 is 33.5 Å². The molecular weight excluding hydrogens is 338 g/mol. The van der Waals surface area contributed by atoms with Crippen LogP contribution in [0, 0.1) is 6.92 Å². The molecule has 0 saturated carbocycles. The number of carboxylic acid groups (broad SMARTS) is 1. The fourth-order valence-electron chi connectivity index (χ4n) is 1.94. The molecule has 0 radical (unpaired) electrons. The molecule has 0 unspecified atom stereocenters. The minimum absolute atomic E-state index is 0.0300. The molecule has 21 heavy (non-hydrogen) atoms. The van der Waals surface area contributed by atoms with Crippen molar-refractivity contribution in [1.29, 1.82) is 0 Å². The minimum atomic E-state index is -1.12. The van der Waals surface area contributed by atoms with Gasteiger partial charge in [0.1, 0.15) is 5.75 Å². The van der Waals surface area contributed by atoms with Crippen molar-refractivity contribution in [3.8, 4) is 5.75 Å². The van der Waals surface area contributed by atoms with Crippen molar-refractivity contribution in [2.24, 2.45) is 0 Å². The standard InChI is InChI=1S/C15H12BrNO4/c1-8-3-2-4-11(13(8)15(20)21)17-14(19)10-6-5-9(16)7-12(10)18/h2-7,18H,1H3,(H,17,19)(H,20,21). The van der Waals surface area contributed by atoms with Gasteiger partial charge >= 0.3 is 5.97 Å². The first-order valence-electron chi connectivity index (χ1n) is 6.03. The van der Waals surface area contributed by atoms with Gasteiger partial charge in [-0.05, 0) is 36.8 Å². The van der Waals surface area contributed by atoms with E-state index in [0.717, 1.165) is 0 Å². The van der Waals surface area contributed by atoms with Gasteiger partial charge in [0.05, 0.1) is 16.8 Å². The molecule has 0 aliphatic heterocycles. The maximum Gasteiger partial charge on any atom is 0.338 e. The molecule has 2 rings (SSSR count). The Balaban J connectivity index is 2.36. The number of halogens is 1. The van der Waals surface area contributed by atoms with Crippen LogP contribution in [0.1, 0.15) is 26.3 Å². The smallest absolute Gasteiger partial charge is 0.338 e. The highest BCUT2D eigenvalue weighted by Gasteiger charge is 2.17. The topological polar surface area (TPSA) is 86.6 Å². The van der Waals surface area contributed by atoms with Gasteiger partial charge in [0, 0.05) is 4.47 Å². The Kier molecular flexibility index (Phi) is 4.28. The Morgan fingerprint density at radius 2 is 1.90 bits per heavy atom. The number of hydrogen-bond donors (Lipinski definition) is 3. The van der Waals surface area contributed by atoms with E-state index in [4.69, 9.17) is 0 Å². The quantitative estimate of drug-likeness (QED) is 0.792. The van der Waals surface area contributed by atoms with Crippen LogP contribution in [0.4, 0.5) is 5.69 Å². The molecule has 0 aliphatic rings. The van der Waals surface area contributed by atoms with Crippen molar-refractivity contribution in [1.82, 2.24) is 0 Å². The van der Waals surface area contributed by atoms with E-state index >= 15 is 0 Å². The van der Waals surface area contributed by atoms with Crippen LogP contribution in [0.2, 0.25) is 0 Å². The molecule has 0 bridgehead atoms. The SMILES string of the molecule is Cc1cccc(NC(=O)c2ccc(Br)cc2O)c1C(=O)O. The third-order valence-electron chi connectivity index (χ3n) is 2.94. The lowest BCUT2D eigenvalue weighted by Crippen LogP contribution is -2.15. The van der Waals surface area contributed by atoms with Crippen molar-refractivity contribution < 1.29 is 19.8 Å². The number of aryl methyl sites for hydroxylation is 1. The maximum absolute atomic E-state index is 12.2. The van der Waals surface area contributed by atoms with E-state index in [9.17, 15) is 19.8 Å². The van der Waals surface area contributed by atoms with Gasteiger partial charge in [-0.1, -0.05) is 28.1 Å². The predicted molar refractivity (Wildman–Crippen MR) is 81.9 cm³/mol. The highest BCUT2D eigenvalue weighted by Crippen LogP contribution is 2.25. The zero-order chi connectivity index (χ0) is 15.6. The average molecular weight is 350 g/mol. The van der Waals surface area contributed by atoms with E-state index in [-0.39, 0.29) is 22.6 Å². The molecule has 0 aromatic heterocycles. The second-order valence-corrected chi connectivity index (χ2v) is 5.33. The van der Waals surface area contributed by atoms with E-state index in [2.05, 4.69) is 21.2 Å². The van der Waals surface area contributed by atoms with E-state index < -0.39 is 11.9 Å². The van der Waals surface area contributed by atoms with Gasteiger partial charge in [-0.15, -0.1) is 0 Å². The molecule has 0 aliphatic carbocycles. The zero-order valence-electron chi connectivity index (χ0n) is 11.1. The molecule has 3 N–H and O–H groups in total. The number of carbonyl (C=O) groups is 2. The molecule has 1 amide bonds. The van der Waals surface area contributed by atoms with Crippen LogP contribution in [0.3, 0.4) is 0 Å². The monoisotopic (exact) mass is 349 g/mol. The summed E-state index contributed by atoms with van der Waals surface area (Å²) in [4.78, 5) is 23.4. The summed E-state index contributed by atoms with van der Waals surface area (Å²) in [6, 6.07) is 9.26. The van der Waals surface area contributed by atoms with Gasteiger partial charge in [0.15, 0.2) is 0 Å². The third-order valence-corrected chi connectivity index (χ3v) is 3.43. The number of amides is 1. The first-order chi connectivity index (χ1) is 9.90. The van der Waals surface area contributed by atoms with Crippen LogP contribution < -0.4 is 5.32 Å². The second kappa shape index (κ2) is 5.97. The Hall–Kier alpha value is -2.34. The summed E-state index contributed by atoms with van der Waals surface area (Å²) in [6.45, 7) is 1.65. The lowest BCUT2D eigenvalue weighted by molar-refractivity contribution is 0.0697. The third kappa shape index (κ3) is 3.22. The molecule has 0 saturated heterocycles. The highest BCUT2D eigenvalue weighted by molar-refractivity contribution is 9.10. The molecule has 2 aromatic carbocycles. The Morgan fingerprint density at radius 1 is 1.19 bits per heavy atom. The van der Waals surface area contributed by atoms with Crippen LogP contribution in [0.15, 0.2) is 40.9 Å². The van der Waals surface area contributed by atoms with E-state index in [0.29, 0.717) is 10.0 Å². The van der Waals surface area contributed by atoms with E-state index in [1.807, 2.05) is 0 Å². The Bertz CT molecular complexity index is 728. The summed E-state index contributed by atoms with van der Waals surface area (Å²) in [6.07, 6.45) is 0. The summed E-state index contributed by atoms with van der Waals surface area (Å²) >= 11 is 3.18. The molecular formula is C15H12BrNO4. The van der Waals surface area contributed by atoms with Gasteiger partial charge in [-0.3, -0.25) is 4.79 Å². The van der Waals surface area contributed by atoms with Crippen molar-refractivity contribution in [3.63, 3.8) is 0 Å². The first kappa shape index (κ1) is 15.1. The van der Waals surface area contributed by atoms with Gasteiger partial charge in [0.2, 0.25) is 0 Å². The lowest BCUT2D eigenvalue weighted by Gasteiger charge is -2.11. The molecule has 0 fully saturated rings. The summed E-state index contributed by atoms with van der Waals surface area (Å²) in [5.74, 6) is -1.89. The van der Waals surface area contributed by atoms with Gasteiger partial charge in [0.25, 0.3) is 5.91 Å². The predicted octanol–water partition coefficient (Wildman–Crippen LogP) is 3.41. The molecule has 108 valence electrons. The number of hydrogen-bond acceptors (Lipinski definition) is 3. The largest absolute Gasteiger partial charge is 0.507 e. The van der Waals surface area contributed by atoms with Crippen LogP contribution in [0.25, 0.3) is 0 Å². The number of phenolic OH excluding ortho intramolecular Hbond substituents is 1. The van der Waals surface area contributed by atoms with Crippen LogP contribution in [-0.4, -0.2) is 22.1 Å². The zero-order valence-corrected chi connectivity index (χ0v) is 12.6. The maximum atomic E-state index is 12.2. The Labute approximate surface area is 129 Å². The molecule has 6 heteroatoms. The minimum Gasteiger partial charge on any atom is -0.507 e. The lowest BCUT2D eigenvalue weighted by atomic mass is 10.1. The number of aromatic hydroxyl groups is 1. The molecule has 5 nitrogen and oxygen atoms in total. The number of phenols is 1. The number of nitrogens with one attached hydrogen (secondary N) is 1. The number of anilines is 1. The average Bonchev–Trinajstić information content (AvgIpc) is 2.37. The van der Waals surface area contributed by atoms with Crippen molar-refractivity contribution in [3.05, 3.63) is 57.6 Å². The van der Waals surface area contributed by atoms with E-state index in [1.54, 1.807) is 25.1 Å². The van der Waals surface area contributed by atoms with Crippen molar-refractivity contribution in [2.45, 2.75) is 6.92 Å². The van der Waals surface area contributed by atoms with Gasteiger partial charge in [-0.2, -0.15) is 0 Å². The Morgan fingerprint density at radius 3 is 2.52 bits per heavy atom. The molecule has 0 atom stereocenters. The number of carbonyl (C=O) groups excluding carboxylic acids is 1. The first-order valence-corrected chi connectivity index (χ1v) is 6.82. The summed E-state index contributed by atoms with van der Waals surface area (Å²) < 4.78 is 0.637. The van der Waals surface area contributed by atoms with Crippen LogP contribution in [-0.2, 0) is 0 Å². The molecule has 0 heterocycles. The number of benzene rings is 2. The summed E-state index contributed by atoms with van der Waals surface area (Å²) in [5.41, 5.74) is 0.827. The van der Waals surface area contributed by atoms with Gasteiger partial charge in [-0.25, -0.2) is 4.79 Å². The van der Waals surface area contributed by atoms with Crippen LogP contribution >= 0.6 is 15.9 Å². The fourth-order valence-corrected chi connectivity index (χ4v) is 2.29. The molecule has 0 spiro atoms. The number of rotatable bonds is 3. The van der Waals surface area contributed by atoms with E-state index in [1.165, 1.54) is 18.2 Å². The molecule has 2 aromatic rings. The number of carboxylic acids is 1.